The van der Waals surface area contributed by atoms with Gasteiger partial charge in [0.2, 0.25) is 0 Å². The van der Waals surface area contributed by atoms with Crippen LogP contribution < -0.4 is 0 Å². The van der Waals surface area contributed by atoms with Crippen LogP contribution in [0.1, 0.15) is 13.8 Å². The summed E-state index contributed by atoms with van der Waals surface area (Å²) in [4.78, 5) is 0. The standard InChI is InChI=1S/C10H12ClN3OS/c1-6(2)5-14-9(12-13-10(14)16)7-3-4-8(11)15-7/h3-4,6H,5H2,1-2H3,(H,13,16). The van der Waals surface area contributed by atoms with Crippen LogP contribution in [0.2, 0.25) is 5.22 Å². The van der Waals surface area contributed by atoms with Gasteiger partial charge in [-0.3, -0.25) is 9.67 Å². The predicted molar refractivity (Wildman–Crippen MR) is 65.0 cm³/mol. The maximum absolute atomic E-state index is 5.74. The first-order chi connectivity index (χ1) is 7.58. The second-order valence-corrected chi connectivity index (χ2v) is 4.72. The van der Waals surface area contributed by atoms with E-state index in [0.717, 1.165) is 6.54 Å². The second kappa shape index (κ2) is 4.43. The lowest BCUT2D eigenvalue weighted by molar-refractivity contribution is 0.510. The minimum atomic E-state index is 0.347. The minimum Gasteiger partial charge on any atom is -0.441 e. The van der Waals surface area contributed by atoms with Crippen molar-refractivity contribution in [1.82, 2.24) is 14.8 Å². The van der Waals surface area contributed by atoms with Crippen LogP contribution in [0.3, 0.4) is 0 Å². The molecule has 0 saturated carbocycles. The summed E-state index contributed by atoms with van der Waals surface area (Å²) in [5.41, 5.74) is 0. The Morgan fingerprint density at radius 1 is 1.56 bits per heavy atom. The molecule has 0 aromatic carbocycles. The number of nitrogens with zero attached hydrogens (tertiary/aromatic N) is 2. The first kappa shape index (κ1) is 11.4. The molecule has 4 nitrogen and oxygen atoms in total. The van der Waals surface area contributed by atoms with E-state index in [4.69, 9.17) is 28.2 Å². The molecule has 1 N–H and O–H groups in total. The van der Waals surface area contributed by atoms with E-state index in [-0.39, 0.29) is 0 Å². The van der Waals surface area contributed by atoms with Crippen molar-refractivity contribution in [3.05, 3.63) is 22.1 Å². The molecule has 0 fully saturated rings. The number of furan rings is 1. The maximum atomic E-state index is 5.74. The molecule has 2 heterocycles. The number of aromatic nitrogens is 3. The molecule has 2 aromatic rings. The average molecular weight is 258 g/mol. The molecule has 0 spiro atoms. The molecule has 16 heavy (non-hydrogen) atoms. The molecule has 0 saturated heterocycles. The van der Waals surface area contributed by atoms with Gasteiger partial charge in [-0.15, -0.1) is 0 Å². The Morgan fingerprint density at radius 2 is 2.31 bits per heavy atom. The van der Waals surface area contributed by atoms with Gasteiger partial charge in [0.1, 0.15) is 0 Å². The molecule has 0 bridgehead atoms. The minimum absolute atomic E-state index is 0.347. The highest BCUT2D eigenvalue weighted by Crippen LogP contribution is 2.23. The molecule has 0 aliphatic carbocycles. The van der Waals surface area contributed by atoms with Gasteiger partial charge in [-0.25, -0.2) is 0 Å². The zero-order valence-corrected chi connectivity index (χ0v) is 10.6. The third kappa shape index (κ3) is 2.20. The van der Waals surface area contributed by atoms with Crippen LogP contribution in [0.25, 0.3) is 11.6 Å². The van der Waals surface area contributed by atoms with Crippen molar-refractivity contribution in [3.8, 4) is 11.6 Å². The number of nitrogens with one attached hydrogen (secondary N) is 1. The van der Waals surface area contributed by atoms with Crippen LogP contribution in [-0.2, 0) is 6.54 Å². The largest absolute Gasteiger partial charge is 0.441 e. The molecule has 2 aromatic heterocycles. The summed E-state index contributed by atoms with van der Waals surface area (Å²) < 4.78 is 7.83. The fraction of sp³-hybridized carbons (Fsp3) is 0.400. The normalized spacial score (nSPS) is 11.2. The number of aromatic amines is 1. The summed E-state index contributed by atoms with van der Waals surface area (Å²) in [5.74, 6) is 1.79. The maximum Gasteiger partial charge on any atom is 0.198 e. The van der Waals surface area contributed by atoms with Gasteiger partial charge >= 0.3 is 0 Å². The van der Waals surface area contributed by atoms with E-state index < -0.39 is 0 Å². The Bertz CT molecular complexity index is 540. The van der Waals surface area contributed by atoms with E-state index in [2.05, 4.69) is 24.0 Å². The van der Waals surface area contributed by atoms with E-state index in [9.17, 15) is 0 Å². The van der Waals surface area contributed by atoms with Crippen molar-refractivity contribution in [3.63, 3.8) is 0 Å². The number of halogens is 1. The molecule has 86 valence electrons. The molecule has 0 radical (unpaired) electrons. The summed E-state index contributed by atoms with van der Waals surface area (Å²) in [5, 5.41) is 7.26. The number of H-pyrrole nitrogens is 1. The molecule has 0 atom stereocenters. The van der Waals surface area contributed by atoms with Gasteiger partial charge in [0, 0.05) is 6.54 Å². The highest BCUT2D eigenvalue weighted by molar-refractivity contribution is 7.71. The molecule has 0 amide bonds. The van der Waals surface area contributed by atoms with E-state index in [0.29, 0.717) is 27.5 Å². The molecule has 0 unspecified atom stereocenters. The van der Waals surface area contributed by atoms with Crippen molar-refractivity contribution >= 4 is 23.8 Å². The molecular formula is C10H12ClN3OS. The third-order valence-corrected chi connectivity index (χ3v) is 2.61. The highest BCUT2D eigenvalue weighted by Gasteiger charge is 2.13. The highest BCUT2D eigenvalue weighted by atomic mass is 35.5. The van der Waals surface area contributed by atoms with E-state index in [1.165, 1.54) is 0 Å². The summed E-state index contributed by atoms with van der Waals surface area (Å²) >= 11 is 10.9. The van der Waals surface area contributed by atoms with E-state index in [1.807, 2.05) is 4.57 Å². The monoisotopic (exact) mass is 257 g/mol. The Labute approximate surface area is 103 Å². The van der Waals surface area contributed by atoms with Crippen LogP contribution in [0.15, 0.2) is 16.5 Å². The van der Waals surface area contributed by atoms with Crippen molar-refractivity contribution in [1.29, 1.82) is 0 Å². The Kier molecular flexibility index (Phi) is 3.16. The quantitative estimate of drug-likeness (QED) is 0.856. The van der Waals surface area contributed by atoms with Gasteiger partial charge in [0.05, 0.1) is 0 Å². The van der Waals surface area contributed by atoms with Gasteiger partial charge in [-0.05, 0) is 41.9 Å². The van der Waals surface area contributed by atoms with Crippen LogP contribution >= 0.6 is 23.8 Å². The van der Waals surface area contributed by atoms with Gasteiger partial charge in [-0.1, -0.05) is 13.8 Å². The number of rotatable bonds is 3. The smallest absolute Gasteiger partial charge is 0.198 e. The Morgan fingerprint density at radius 3 is 2.88 bits per heavy atom. The third-order valence-electron chi connectivity index (χ3n) is 2.10. The fourth-order valence-electron chi connectivity index (χ4n) is 1.47. The topological polar surface area (TPSA) is 46.8 Å². The van der Waals surface area contributed by atoms with Gasteiger partial charge in [0.25, 0.3) is 0 Å². The summed E-state index contributed by atoms with van der Waals surface area (Å²) in [7, 11) is 0. The SMILES string of the molecule is CC(C)Cn1c(-c2ccc(Cl)o2)n[nH]c1=S. The molecule has 2 rings (SSSR count). The van der Waals surface area contributed by atoms with Crippen molar-refractivity contribution in [2.45, 2.75) is 20.4 Å². The molecule has 0 aliphatic rings. The zero-order valence-electron chi connectivity index (χ0n) is 9.03. The molecule has 0 aliphatic heterocycles. The first-order valence-electron chi connectivity index (χ1n) is 4.99. The lowest BCUT2D eigenvalue weighted by atomic mass is 10.2. The fourth-order valence-corrected chi connectivity index (χ4v) is 1.83. The van der Waals surface area contributed by atoms with Crippen molar-refractivity contribution in [2.24, 2.45) is 5.92 Å². The Hall–Kier alpha value is -1.07. The van der Waals surface area contributed by atoms with E-state index in [1.54, 1.807) is 12.1 Å². The first-order valence-corrected chi connectivity index (χ1v) is 5.77. The lowest BCUT2D eigenvalue weighted by Gasteiger charge is -2.07. The van der Waals surface area contributed by atoms with Crippen LogP contribution in [0.5, 0.6) is 0 Å². The zero-order chi connectivity index (χ0) is 11.7. The van der Waals surface area contributed by atoms with E-state index >= 15 is 0 Å². The summed E-state index contributed by atoms with van der Waals surface area (Å²) in [6.07, 6.45) is 0. The van der Waals surface area contributed by atoms with Crippen molar-refractivity contribution < 1.29 is 4.42 Å². The number of hydrogen-bond donors (Lipinski definition) is 1. The predicted octanol–water partition coefficient (Wildman–Crippen LogP) is 3.51. The average Bonchev–Trinajstić information content (AvgIpc) is 2.75. The lowest BCUT2D eigenvalue weighted by Crippen LogP contribution is -2.06. The van der Waals surface area contributed by atoms with Crippen molar-refractivity contribution in [2.75, 3.05) is 0 Å². The van der Waals surface area contributed by atoms with Crippen LogP contribution in [0.4, 0.5) is 0 Å². The van der Waals surface area contributed by atoms with Gasteiger partial charge < -0.3 is 4.42 Å². The van der Waals surface area contributed by atoms with Crippen LogP contribution in [-0.4, -0.2) is 14.8 Å². The molecule has 6 heteroatoms. The Balaban J connectivity index is 2.45. The van der Waals surface area contributed by atoms with Gasteiger partial charge in [0.15, 0.2) is 21.6 Å². The number of hydrogen-bond acceptors (Lipinski definition) is 3. The summed E-state index contributed by atoms with van der Waals surface area (Å²) in [6.45, 7) is 5.03. The second-order valence-electron chi connectivity index (χ2n) is 3.96. The van der Waals surface area contributed by atoms with Gasteiger partial charge in [-0.2, -0.15) is 5.10 Å². The summed E-state index contributed by atoms with van der Waals surface area (Å²) in [6, 6.07) is 3.47. The van der Waals surface area contributed by atoms with Crippen LogP contribution in [0, 0.1) is 10.7 Å². The molecular weight excluding hydrogens is 246 g/mol.